The minimum atomic E-state index is 0.0765. The lowest BCUT2D eigenvalue weighted by Gasteiger charge is -2.19. The average molecular weight is 279 g/mol. The molecule has 1 fully saturated rings. The number of aryl methyl sites for hydroxylation is 1. The van der Waals surface area contributed by atoms with Crippen LogP contribution < -0.4 is 0 Å². The normalized spacial score (nSPS) is 20.4. The van der Waals surface area contributed by atoms with Gasteiger partial charge in [-0.05, 0) is 37.3 Å². The Balaban J connectivity index is 1.99. The first-order valence-electron chi connectivity index (χ1n) is 6.99. The molecule has 2 rings (SSSR count). The Morgan fingerprint density at radius 1 is 1.42 bits per heavy atom. The molecule has 1 aromatic heterocycles. The number of likely N-dealkylation sites (tertiary alicyclic amines) is 1. The largest absolute Gasteiger partial charge is 0.335 e. The highest BCUT2D eigenvalue weighted by Crippen LogP contribution is 2.20. The first kappa shape index (κ1) is 14.3. The molecule has 3 nitrogen and oxygen atoms in total. The highest BCUT2D eigenvalue weighted by molar-refractivity contribution is 7.14. The number of hydrogen-bond donors (Lipinski definition) is 0. The lowest BCUT2D eigenvalue weighted by Crippen LogP contribution is -2.35. The van der Waals surface area contributed by atoms with Gasteiger partial charge in [0.15, 0.2) is 5.78 Å². The molecule has 0 N–H and O–H groups in total. The third-order valence-corrected chi connectivity index (χ3v) is 4.99. The minimum Gasteiger partial charge on any atom is -0.335 e. The summed E-state index contributed by atoms with van der Waals surface area (Å²) in [5.74, 6) is 0.787. The number of carbonyl (C=O) groups excluding carboxylic acids is 2. The molecule has 0 aromatic carbocycles. The van der Waals surface area contributed by atoms with Gasteiger partial charge in [-0.15, -0.1) is 11.3 Å². The van der Waals surface area contributed by atoms with E-state index in [0.29, 0.717) is 12.3 Å². The molecule has 1 aliphatic rings. The van der Waals surface area contributed by atoms with Gasteiger partial charge in [0.05, 0.1) is 11.4 Å². The van der Waals surface area contributed by atoms with Crippen molar-refractivity contribution >= 4 is 23.0 Å². The van der Waals surface area contributed by atoms with Crippen molar-refractivity contribution in [2.75, 3.05) is 13.1 Å². The van der Waals surface area contributed by atoms with E-state index in [9.17, 15) is 9.59 Å². The monoisotopic (exact) mass is 279 g/mol. The molecular weight excluding hydrogens is 258 g/mol. The standard InChI is InChI=1S/C15H21NO2S/c1-3-12-5-6-14(19-12)13(17)10-16-9-8-11(2)4-7-15(16)18/h5-6,11H,3-4,7-10H2,1-2H3. The highest BCUT2D eigenvalue weighted by Gasteiger charge is 2.23. The number of Topliss-reactive ketones (excluding diaryl/α,β-unsaturated/α-hetero) is 1. The van der Waals surface area contributed by atoms with E-state index in [1.165, 1.54) is 4.88 Å². The van der Waals surface area contributed by atoms with Crippen LogP contribution >= 0.6 is 11.3 Å². The van der Waals surface area contributed by atoms with Gasteiger partial charge in [0.2, 0.25) is 5.91 Å². The first-order chi connectivity index (χ1) is 9.10. The first-order valence-corrected chi connectivity index (χ1v) is 7.81. The summed E-state index contributed by atoms with van der Waals surface area (Å²) in [7, 11) is 0. The van der Waals surface area contributed by atoms with Crippen LogP contribution in [0.15, 0.2) is 12.1 Å². The van der Waals surface area contributed by atoms with Crippen molar-refractivity contribution in [2.24, 2.45) is 5.92 Å². The van der Waals surface area contributed by atoms with Gasteiger partial charge in [0.1, 0.15) is 0 Å². The lowest BCUT2D eigenvalue weighted by atomic mass is 10.0. The second-order valence-electron chi connectivity index (χ2n) is 5.29. The lowest BCUT2D eigenvalue weighted by molar-refractivity contribution is -0.130. The summed E-state index contributed by atoms with van der Waals surface area (Å²) in [6.45, 7) is 5.22. The maximum Gasteiger partial charge on any atom is 0.222 e. The van der Waals surface area contributed by atoms with Crippen molar-refractivity contribution in [2.45, 2.75) is 39.5 Å². The molecule has 0 radical (unpaired) electrons. The number of rotatable bonds is 4. The van der Waals surface area contributed by atoms with Crippen LogP contribution in [0.25, 0.3) is 0 Å². The highest BCUT2D eigenvalue weighted by atomic mass is 32.1. The zero-order valence-corrected chi connectivity index (χ0v) is 12.5. The van der Waals surface area contributed by atoms with Crippen molar-refractivity contribution in [3.63, 3.8) is 0 Å². The van der Waals surface area contributed by atoms with Crippen molar-refractivity contribution in [1.29, 1.82) is 0 Å². The Hall–Kier alpha value is -1.16. The summed E-state index contributed by atoms with van der Waals surface area (Å²) < 4.78 is 0. The number of nitrogens with zero attached hydrogens (tertiary/aromatic N) is 1. The zero-order valence-electron chi connectivity index (χ0n) is 11.6. The Morgan fingerprint density at radius 2 is 2.21 bits per heavy atom. The summed E-state index contributed by atoms with van der Waals surface area (Å²) in [6.07, 6.45) is 3.49. The van der Waals surface area contributed by atoms with Crippen LogP contribution in [0.2, 0.25) is 0 Å². The molecule has 0 spiro atoms. The van der Waals surface area contributed by atoms with Crippen molar-refractivity contribution in [1.82, 2.24) is 4.90 Å². The summed E-state index contributed by atoms with van der Waals surface area (Å²) in [4.78, 5) is 27.9. The Morgan fingerprint density at radius 3 is 2.89 bits per heavy atom. The Bertz CT molecular complexity index is 466. The molecule has 4 heteroatoms. The van der Waals surface area contributed by atoms with Gasteiger partial charge >= 0.3 is 0 Å². The number of carbonyl (C=O) groups is 2. The van der Waals surface area contributed by atoms with E-state index < -0.39 is 0 Å². The molecule has 1 aliphatic heterocycles. The average Bonchev–Trinajstić information content (AvgIpc) is 2.83. The maximum atomic E-state index is 12.2. The van der Waals surface area contributed by atoms with Crippen LogP contribution in [-0.4, -0.2) is 29.7 Å². The molecule has 0 saturated carbocycles. The van der Waals surface area contributed by atoms with Crippen molar-refractivity contribution < 1.29 is 9.59 Å². The fourth-order valence-electron chi connectivity index (χ4n) is 2.31. The minimum absolute atomic E-state index is 0.0765. The Kier molecular flexibility index (Phi) is 4.75. The molecule has 1 atom stereocenters. The maximum absolute atomic E-state index is 12.2. The third kappa shape index (κ3) is 3.66. The van der Waals surface area contributed by atoms with Gasteiger partial charge in [0.25, 0.3) is 0 Å². The summed E-state index contributed by atoms with van der Waals surface area (Å²) in [5.41, 5.74) is 0. The molecule has 1 saturated heterocycles. The zero-order chi connectivity index (χ0) is 13.8. The van der Waals surface area contributed by atoms with Gasteiger partial charge in [-0.2, -0.15) is 0 Å². The van der Waals surface area contributed by atoms with E-state index in [1.54, 1.807) is 16.2 Å². The van der Waals surface area contributed by atoms with Gasteiger partial charge < -0.3 is 4.90 Å². The van der Waals surface area contributed by atoms with Crippen molar-refractivity contribution in [3.8, 4) is 0 Å². The van der Waals surface area contributed by atoms with Crippen LogP contribution in [0.4, 0.5) is 0 Å². The second-order valence-corrected chi connectivity index (χ2v) is 6.46. The fraction of sp³-hybridized carbons (Fsp3) is 0.600. The van der Waals surface area contributed by atoms with Crippen LogP contribution in [0.3, 0.4) is 0 Å². The van der Waals surface area contributed by atoms with Gasteiger partial charge in [-0.1, -0.05) is 13.8 Å². The van der Waals surface area contributed by atoms with E-state index >= 15 is 0 Å². The van der Waals surface area contributed by atoms with Crippen LogP contribution in [0.5, 0.6) is 0 Å². The Labute approximate surface area is 118 Å². The quantitative estimate of drug-likeness (QED) is 0.794. The van der Waals surface area contributed by atoms with E-state index in [4.69, 9.17) is 0 Å². The second kappa shape index (κ2) is 6.33. The van der Waals surface area contributed by atoms with E-state index in [0.717, 1.165) is 30.7 Å². The molecule has 19 heavy (non-hydrogen) atoms. The molecule has 2 heterocycles. The number of thiophene rings is 1. The summed E-state index contributed by atoms with van der Waals surface area (Å²) in [5, 5.41) is 0. The topological polar surface area (TPSA) is 37.4 Å². The van der Waals surface area contributed by atoms with Gasteiger partial charge in [-0.3, -0.25) is 9.59 Å². The smallest absolute Gasteiger partial charge is 0.222 e. The third-order valence-electron chi connectivity index (χ3n) is 3.71. The molecule has 0 bridgehead atoms. The molecular formula is C15H21NO2S. The molecule has 1 unspecified atom stereocenters. The predicted molar refractivity (Wildman–Crippen MR) is 77.6 cm³/mol. The number of amides is 1. The summed E-state index contributed by atoms with van der Waals surface area (Å²) in [6, 6.07) is 3.89. The predicted octanol–water partition coefficient (Wildman–Crippen LogP) is 3.14. The number of hydrogen-bond acceptors (Lipinski definition) is 3. The molecule has 1 aromatic rings. The molecule has 0 aliphatic carbocycles. The van der Waals surface area contributed by atoms with E-state index in [2.05, 4.69) is 13.8 Å². The van der Waals surface area contributed by atoms with Crippen LogP contribution in [0.1, 0.15) is 47.7 Å². The van der Waals surface area contributed by atoms with Crippen molar-refractivity contribution in [3.05, 3.63) is 21.9 Å². The van der Waals surface area contributed by atoms with Crippen LogP contribution in [-0.2, 0) is 11.2 Å². The fourth-order valence-corrected chi connectivity index (χ4v) is 3.19. The molecule has 104 valence electrons. The van der Waals surface area contributed by atoms with E-state index in [1.807, 2.05) is 12.1 Å². The van der Waals surface area contributed by atoms with Gasteiger partial charge in [0, 0.05) is 17.8 Å². The molecule has 1 amide bonds. The summed E-state index contributed by atoms with van der Waals surface area (Å²) >= 11 is 1.55. The van der Waals surface area contributed by atoms with E-state index in [-0.39, 0.29) is 18.2 Å². The van der Waals surface area contributed by atoms with Crippen LogP contribution in [0, 0.1) is 5.92 Å². The SMILES string of the molecule is CCc1ccc(C(=O)CN2CCC(C)CCC2=O)s1. The van der Waals surface area contributed by atoms with Gasteiger partial charge in [-0.25, -0.2) is 0 Å². The number of ketones is 1.